The number of rotatable bonds is 5. The molecule has 0 amide bonds. The molecule has 1 N–H and O–H groups in total. The van der Waals surface area contributed by atoms with Crippen LogP contribution < -0.4 is 5.32 Å². The Kier molecular flexibility index (Phi) is 7.17. The van der Waals surface area contributed by atoms with E-state index in [1.807, 2.05) is 0 Å². The van der Waals surface area contributed by atoms with E-state index < -0.39 is 10.0 Å². The molecular formula is C11H18Cl2N2O2S. The molecule has 0 fully saturated rings. The summed E-state index contributed by atoms with van der Waals surface area (Å²) in [4.78, 5) is 0.306. The standard InChI is InChI=1S/C11H17ClN2O2S.ClH/c1-9-8-10(12)4-5-11(9)17(15,16)14(3)7-6-13-2;/h4-5,8,13H,6-7H2,1-3H3;1H. The van der Waals surface area contributed by atoms with E-state index in [1.165, 1.54) is 4.31 Å². The number of nitrogens with one attached hydrogen (secondary N) is 1. The van der Waals surface area contributed by atoms with Crippen LogP contribution in [-0.2, 0) is 10.0 Å². The van der Waals surface area contributed by atoms with Crippen molar-refractivity contribution in [3.8, 4) is 0 Å². The van der Waals surface area contributed by atoms with Crippen LogP contribution in [0, 0.1) is 6.92 Å². The molecule has 4 nitrogen and oxygen atoms in total. The second-order valence-corrected chi connectivity index (χ2v) is 6.29. The monoisotopic (exact) mass is 312 g/mol. The van der Waals surface area contributed by atoms with Crippen molar-refractivity contribution in [3.05, 3.63) is 28.8 Å². The van der Waals surface area contributed by atoms with Crippen LogP contribution in [0.25, 0.3) is 0 Å². The number of hydrogen-bond acceptors (Lipinski definition) is 3. The molecule has 0 bridgehead atoms. The molecule has 0 aliphatic heterocycles. The largest absolute Gasteiger partial charge is 0.318 e. The Morgan fingerprint density at radius 3 is 2.50 bits per heavy atom. The highest BCUT2D eigenvalue weighted by Crippen LogP contribution is 2.21. The fourth-order valence-corrected chi connectivity index (χ4v) is 3.06. The van der Waals surface area contributed by atoms with Gasteiger partial charge in [-0.2, -0.15) is 4.31 Å². The van der Waals surface area contributed by atoms with Crippen molar-refractivity contribution in [2.75, 3.05) is 27.2 Å². The van der Waals surface area contributed by atoms with Gasteiger partial charge in [0.1, 0.15) is 0 Å². The predicted molar refractivity (Wildman–Crippen MR) is 77.2 cm³/mol. The summed E-state index contributed by atoms with van der Waals surface area (Å²) in [6.07, 6.45) is 0. The van der Waals surface area contributed by atoms with Gasteiger partial charge in [-0.1, -0.05) is 11.6 Å². The molecule has 0 aliphatic rings. The highest BCUT2D eigenvalue weighted by atomic mass is 35.5. The topological polar surface area (TPSA) is 49.4 Å². The maximum absolute atomic E-state index is 12.2. The lowest BCUT2D eigenvalue weighted by Gasteiger charge is -2.18. The summed E-state index contributed by atoms with van der Waals surface area (Å²) < 4.78 is 25.8. The molecule has 0 unspecified atom stereocenters. The third-order valence-electron chi connectivity index (χ3n) is 2.50. The summed E-state index contributed by atoms with van der Waals surface area (Å²) in [5.41, 5.74) is 0.661. The van der Waals surface area contributed by atoms with Gasteiger partial charge in [0.25, 0.3) is 0 Å². The summed E-state index contributed by atoms with van der Waals surface area (Å²) in [5, 5.41) is 3.46. The number of hydrogen-bond donors (Lipinski definition) is 1. The van der Waals surface area contributed by atoms with Gasteiger partial charge in [0, 0.05) is 25.2 Å². The van der Waals surface area contributed by atoms with Gasteiger partial charge in [-0.05, 0) is 37.7 Å². The zero-order valence-corrected chi connectivity index (χ0v) is 13.0. The van der Waals surface area contributed by atoms with E-state index in [-0.39, 0.29) is 12.4 Å². The Hall–Kier alpha value is -0.330. The first-order chi connectivity index (χ1) is 7.89. The number of nitrogens with zero attached hydrogens (tertiary/aromatic N) is 1. The lowest BCUT2D eigenvalue weighted by molar-refractivity contribution is 0.465. The van der Waals surface area contributed by atoms with E-state index in [9.17, 15) is 8.42 Å². The van der Waals surface area contributed by atoms with Crippen LogP contribution in [0.2, 0.25) is 5.02 Å². The van der Waals surface area contributed by atoms with Crippen molar-refractivity contribution in [2.45, 2.75) is 11.8 Å². The molecule has 0 atom stereocenters. The summed E-state index contributed by atoms with van der Waals surface area (Å²) in [7, 11) is -0.0681. The second-order valence-electron chi connectivity index (χ2n) is 3.84. The fraction of sp³-hybridized carbons (Fsp3) is 0.455. The Labute approximate surface area is 120 Å². The van der Waals surface area contributed by atoms with E-state index in [0.717, 1.165) is 0 Å². The van der Waals surface area contributed by atoms with Crippen LogP contribution in [-0.4, -0.2) is 39.9 Å². The van der Waals surface area contributed by atoms with E-state index >= 15 is 0 Å². The van der Waals surface area contributed by atoms with Gasteiger partial charge in [0.2, 0.25) is 10.0 Å². The van der Waals surface area contributed by atoms with Gasteiger partial charge < -0.3 is 5.32 Å². The number of sulfonamides is 1. The average Bonchev–Trinajstić information content (AvgIpc) is 2.25. The average molecular weight is 313 g/mol. The third kappa shape index (κ3) is 4.10. The Bertz CT molecular complexity index is 492. The van der Waals surface area contributed by atoms with Gasteiger partial charge in [-0.3, -0.25) is 0 Å². The van der Waals surface area contributed by atoms with Crippen molar-refractivity contribution in [3.63, 3.8) is 0 Å². The lowest BCUT2D eigenvalue weighted by atomic mass is 10.2. The minimum absolute atomic E-state index is 0. The van der Waals surface area contributed by atoms with Crippen LogP contribution in [0.4, 0.5) is 0 Å². The lowest BCUT2D eigenvalue weighted by Crippen LogP contribution is -2.33. The van der Waals surface area contributed by atoms with Crippen molar-refractivity contribution in [2.24, 2.45) is 0 Å². The molecule has 0 spiro atoms. The van der Waals surface area contributed by atoms with Crippen LogP contribution in [0.3, 0.4) is 0 Å². The molecular weight excluding hydrogens is 295 g/mol. The molecule has 0 radical (unpaired) electrons. The zero-order chi connectivity index (χ0) is 13.1. The third-order valence-corrected chi connectivity index (χ3v) is 4.75. The summed E-state index contributed by atoms with van der Waals surface area (Å²) >= 11 is 5.81. The summed E-state index contributed by atoms with van der Waals surface area (Å²) in [6.45, 7) is 2.79. The predicted octanol–water partition coefficient (Wildman–Crippen LogP) is 1.91. The highest BCUT2D eigenvalue weighted by Gasteiger charge is 2.22. The molecule has 104 valence electrons. The first-order valence-electron chi connectivity index (χ1n) is 5.26. The van der Waals surface area contributed by atoms with Crippen molar-refractivity contribution in [1.82, 2.24) is 9.62 Å². The number of benzene rings is 1. The number of likely N-dealkylation sites (N-methyl/N-ethyl adjacent to an activating group) is 2. The second kappa shape index (κ2) is 7.31. The maximum atomic E-state index is 12.2. The van der Waals surface area contributed by atoms with Crippen LogP contribution in [0.15, 0.2) is 23.1 Å². The van der Waals surface area contributed by atoms with Gasteiger partial charge in [-0.15, -0.1) is 12.4 Å². The van der Waals surface area contributed by atoms with Gasteiger partial charge in [0.15, 0.2) is 0 Å². The Morgan fingerprint density at radius 2 is 2.00 bits per heavy atom. The minimum atomic E-state index is -3.42. The van der Waals surface area contributed by atoms with Gasteiger partial charge in [-0.25, -0.2) is 8.42 Å². The van der Waals surface area contributed by atoms with Crippen LogP contribution in [0.1, 0.15) is 5.56 Å². The van der Waals surface area contributed by atoms with Crippen molar-refractivity contribution in [1.29, 1.82) is 0 Å². The Morgan fingerprint density at radius 1 is 1.39 bits per heavy atom. The normalized spacial score (nSPS) is 11.4. The van der Waals surface area contributed by atoms with Gasteiger partial charge in [0.05, 0.1) is 4.90 Å². The smallest absolute Gasteiger partial charge is 0.243 e. The zero-order valence-electron chi connectivity index (χ0n) is 10.6. The molecule has 1 aromatic carbocycles. The molecule has 1 aromatic rings. The molecule has 0 saturated heterocycles. The quantitative estimate of drug-likeness (QED) is 0.903. The molecule has 0 heterocycles. The number of aryl methyl sites for hydroxylation is 1. The first kappa shape index (κ1) is 17.7. The SMILES string of the molecule is CNCCN(C)S(=O)(=O)c1ccc(Cl)cc1C.Cl. The van der Waals surface area contributed by atoms with E-state index in [0.29, 0.717) is 28.6 Å². The van der Waals surface area contributed by atoms with Crippen LogP contribution in [0.5, 0.6) is 0 Å². The Balaban J connectivity index is 0.00000289. The van der Waals surface area contributed by atoms with Crippen molar-refractivity contribution < 1.29 is 8.42 Å². The van der Waals surface area contributed by atoms with E-state index in [1.54, 1.807) is 39.2 Å². The maximum Gasteiger partial charge on any atom is 0.243 e. The van der Waals surface area contributed by atoms with E-state index in [4.69, 9.17) is 11.6 Å². The summed E-state index contributed by atoms with van der Waals surface area (Å²) in [6, 6.07) is 4.79. The highest BCUT2D eigenvalue weighted by molar-refractivity contribution is 7.89. The van der Waals surface area contributed by atoms with Crippen LogP contribution >= 0.6 is 24.0 Å². The fourth-order valence-electron chi connectivity index (χ4n) is 1.46. The molecule has 18 heavy (non-hydrogen) atoms. The minimum Gasteiger partial charge on any atom is -0.318 e. The first-order valence-corrected chi connectivity index (χ1v) is 7.08. The van der Waals surface area contributed by atoms with Crippen molar-refractivity contribution >= 4 is 34.0 Å². The van der Waals surface area contributed by atoms with E-state index in [2.05, 4.69) is 5.32 Å². The summed E-state index contributed by atoms with van der Waals surface area (Å²) in [5.74, 6) is 0. The molecule has 0 aromatic heterocycles. The van der Waals surface area contributed by atoms with Gasteiger partial charge >= 0.3 is 0 Å². The molecule has 0 aliphatic carbocycles. The molecule has 1 rings (SSSR count). The molecule has 7 heteroatoms. The molecule has 0 saturated carbocycles. The number of halogens is 2.